The SMILES string of the molecule is CCCn1ncnc1CC(NC)C1CN(CC)CCO1. The molecular weight excluding hydrogens is 254 g/mol. The van der Waals surface area contributed by atoms with E-state index in [9.17, 15) is 0 Å². The molecule has 2 rings (SSSR count). The fourth-order valence-corrected chi connectivity index (χ4v) is 2.72. The third-order valence-corrected chi connectivity index (χ3v) is 3.98. The highest BCUT2D eigenvalue weighted by atomic mass is 16.5. The van der Waals surface area contributed by atoms with Gasteiger partial charge in [0.15, 0.2) is 0 Å². The van der Waals surface area contributed by atoms with E-state index in [0.29, 0.717) is 0 Å². The number of likely N-dealkylation sites (N-methyl/N-ethyl adjacent to an activating group) is 2. The summed E-state index contributed by atoms with van der Waals surface area (Å²) in [4.78, 5) is 6.84. The summed E-state index contributed by atoms with van der Waals surface area (Å²) in [6, 6.07) is 0.282. The Kier molecular flexibility index (Phi) is 5.94. The Morgan fingerprint density at radius 1 is 1.50 bits per heavy atom. The van der Waals surface area contributed by atoms with Gasteiger partial charge in [-0.05, 0) is 20.0 Å². The third kappa shape index (κ3) is 3.77. The number of hydrogen-bond donors (Lipinski definition) is 1. The van der Waals surface area contributed by atoms with E-state index in [1.807, 2.05) is 11.7 Å². The lowest BCUT2D eigenvalue weighted by atomic mass is 10.1. The molecule has 1 saturated heterocycles. The zero-order chi connectivity index (χ0) is 14.4. The molecule has 1 aromatic heterocycles. The highest BCUT2D eigenvalue weighted by Crippen LogP contribution is 2.12. The van der Waals surface area contributed by atoms with Gasteiger partial charge in [0, 0.05) is 32.1 Å². The summed E-state index contributed by atoms with van der Waals surface area (Å²) in [5, 5.41) is 7.69. The molecule has 6 nitrogen and oxygen atoms in total. The van der Waals surface area contributed by atoms with Crippen LogP contribution in [-0.2, 0) is 17.7 Å². The van der Waals surface area contributed by atoms with Crippen molar-refractivity contribution in [1.82, 2.24) is 25.0 Å². The normalized spacial score (nSPS) is 22.1. The van der Waals surface area contributed by atoms with E-state index in [1.165, 1.54) is 0 Å². The number of ether oxygens (including phenoxy) is 1. The van der Waals surface area contributed by atoms with Crippen molar-refractivity contribution in [1.29, 1.82) is 0 Å². The molecule has 0 aliphatic carbocycles. The molecule has 0 saturated carbocycles. The van der Waals surface area contributed by atoms with Gasteiger partial charge in [0.1, 0.15) is 12.2 Å². The third-order valence-electron chi connectivity index (χ3n) is 3.98. The van der Waals surface area contributed by atoms with Gasteiger partial charge < -0.3 is 10.1 Å². The molecule has 1 aliphatic rings. The molecule has 6 heteroatoms. The minimum atomic E-state index is 0.223. The molecule has 1 fully saturated rings. The summed E-state index contributed by atoms with van der Waals surface area (Å²) in [7, 11) is 2.00. The maximum Gasteiger partial charge on any atom is 0.138 e. The first kappa shape index (κ1) is 15.4. The van der Waals surface area contributed by atoms with E-state index in [1.54, 1.807) is 6.33 Å². The number of aryl methyl sites for hydroxylation is 1. The quantitative estimate of drug-likeness (QED) is 0.790. The largest absolute Gasteiger partial charge is 0.374 e. The Morgan fingerprint density at radius 3 is 3.05 bits per heavy atom. The van der Waals surface area contributed by atoms with Crippen LogP contribution in [0.2, 0.25) is 0 Å². The number of nitrogens with one attached hydrogen (secondary N) is 1. The molecule has 0 radical (unpaired) electrons. The van der Waals surface area contributed by atoms with Crippen LogP contribution in [0.5, 0.6) is 0 Å². The summed E-state index contributed by atoms with van der Waals surface area (Å²) >= 11 is 0. The minimum Gasteiger partial charge on any atom is -0.374 e. The van der Waals surface area contributed by atoms with E-state index < -0.39 is 0 Å². The van der Waals surface area contributed by atoms with E-state index in [-0.39, 0.29) is 12.1 Å². The molecule has 1 aromatic rings. The lowest BCUT2D eigenvalue weighted by Gasteiger charge is -2.36. The van der Waals surface area contributed by atoms with E-state index in [0.717, 1.165) is 51.5 Å². The number of aromatic nitrogens is 3. The van der Waals surface area contributed by atoms with E-state index >= 15 is 0 Å². The zero-order valence-corrected chi connectivity index (χ0v) is 12.9. The second-order valence-electron chi connectivity index (χ2n) is 5.30. The Balaban J connectivity index is 1.99. The van der Waals surface area contributed by atoms with Gasteiger partial charge in [-0.25, -0.2) is 4.98 Å². The topological polar surface area (TPSA) is 55.2 Å². The lowest BCUT2D eigenvalue weighted by Crippen LogP contribution is -2.52. The lowest BCUT2D eigenvalue weighted by molar-refractivity contribution is -0.0440. The van der Waals surface area contributed by atoms with Crippen LogP contribution >= 0.6 is 0 Å². The van der Waals surface area contributed by atoms with Gasteiger partial charge in [0.2, 0.25) is 0 Å². The zero-order valence-electron chi connectivity index (χ0n) is 12.9. The summed E-state index contributed by atoms with van der Waals surface area (Å²) < 4.78 is 7.95. The maximum atomic E-state index is 5.95. The van der Waals surface area contributed by atoms with Crippen molar-refractivity contribution in [3.63, 3.8) is 0 Å². The number of nitrogens with zero attached hydrogens (tertiary/aromatic N) is 4. The smallest absolute Gasteiger partial charge is 0.138 e. The Bertz CT molecular complexity index is 395. The van der Waals surface area contributed by atoms with Crippen molar-refractivity contribution in [2.75, 3.05) is 33.3 Å². The van der Waals surface area contributed by atoms with Gasteiger partial charge in [-0.15, -0.1) is 0 Å². The van der Waals surface area contributed by atoms with Crippen molar-refractivity contribution in [3.8, 4) is 0 Å². The highest BCUT2D eigenvalue weighted by molar-refractivity contribution is 4.94. The fraction of sp³-hybridized carbons (Fsp3) is 0.857. The van der Waals surface area contributed by atoms with Gasteiger partial charge >= 0.3 is 0 Å². The Labute approximate surface area is 121 Å². The fourth-order valence-electron chi connectivity index (χ4n) is 2.72. The van der Waals surface area contributed by atoms with Crippen molar-refractivity contribution in [2.24, 2.45) is 0 Å². The Hall–Kier alpha value is -0.980. The van der Waals surface area contributed by atoms with Gasteiger partial charge in [-0.2, -0.15) is 5.10 Å². The molecule has 1 N–H and O–H groups in total. The summed E-state index contributed by atoms with van der Waals surface area (Å²) in [5.41, 5.74) is 0. The first-order valence-corrected chi connectivity index (χ1v) is 7.66. The van der Waals surface area contributed by atoms with Crippen molar-refractivity contribution in [3.05, 3.63) is 12.2 Å². The van der Waals surface area contributed by atoms with E-state index in [2.05, 4.69) is 34.1 Å². The second kappa shape index (κ2) is 7.71. The molecule has 0 amide bonds. The standard InChI is InChI=1S/C14H27N5O/c1-4-6-19-14(16-11-17-19)9-12(15-3)13-10-18(5-2)7-8-20-13/h11-13,15H,4-10H2,1-3H3. The summed E-state index contributed by atoms with van der Waals surface area (Å²) in [6.07, 6.45) is 3.81. The molecular formula is C14H27N5O. The second-order valence-corrected chi connectivity index (χ2v) is 5.30. The van der Waals surface area contributed by atoms with Gasteiger partial charge in [0.25, 0.3) is 0 Å². The summed E-state index contributed by atoms with van der Waals surface area (Å²) in [6.45, 7) is 9.22. The molecule has 0 spiro atoms. The van der Waals surface area contributed by atoms with Crippen LogP contribution in [0.15, 0.2) is 6.33 Å². The molecule has 2 unspecified atom stereocenters. The van der Waals surface area contributed by atoms with E-state index in [4.69, 9.17) is 4.74 Å². The van der Waals surface area contributed by atoms with Gasteiger partial charge in [0.05, 0.1) is 12.7 Å². The number of rotatable bonds is 7. The predicted molar refractivity (Wildman–Crippen MR) is 78.7 cm³/mol. The number of hydrogen-bond acceptors (Lipinski definition) is 5. The van der Waals surface area contributed by atoms with Crippen molar-refractivity contribution in [2.45, 2.75) is 45.4 Å². The molecule has 0 bridgehead atoms. The predicted octanol–water partition coefficient (Wildman–Crippen LogP) is 0.539. The van der Waals surface area contributed by atoms with Crippen molar-refractivity contribution < 1.29 is 4.74 Å². The minimum absolute atomic E-state index is 0.223. The molecule has 0 aromatic carbocycles. The Morgan fingerprint density at radius 2 is 2.35 bits per heavy atom. The van der Waals surface area contributed by atoms with Crippen LogP contribution in [0, 0.1) is 0 Å². The average Bonchev–Trinajstić information content (AvgIpc) is 2.92. The van der Waals surface area contributed by atoms with Crippen molar-refractivity contribution >= 4 is 0 Å². The first-order valence-electron chi connectivity index (χ1n) is 7.66. The van der Waals surface area contributed by atoms with Crippen LogP contribution in [0.4, 0.5) is 0 Å². The van der Waals surface area contributed by atoms with Crippen LogP contribution in [0.25, 0.3) is 0 Å². The first-order chi connectivity index (χ1) is 9.78. The van der Waals surface area contributed by atoms with Crippen LogP contribution < -0.4 is 5.32 Å². The summed E-state index contributed by atoms with van der Waals surface area (Å²) in [5.74, 6) is 1.04. The maximum absolute atomic E-state index is 5.95. The molecule has 20 heavy (non-hydrogen) atoms. The number of morpholine rings is 1. The van der Waals surface area contributed by atoms with Gasteiger partial charge in [-0.1, -0.05) is 13.8 Å². The molecule has 2 heterocycles. The van der Waals surface area contributed by atoms with Crippen LogP contribution in [-0.4, -0.2) is 65.1 Å². The average molecular weight is 281 g/mol. The van der Waals surface area contributed by atoms with Gasteiger partial charge in [-0.3, -0.25) is 9.58 Å². The monoisotopic (exact) mass is 281 g/mol. The molecule has 2 atom stereocenters. The highest BCUT2D eigenvalue weighted by Gasteiger charge is 2.27. The molecule has 1 aliphatic heterocycles. The van der Waals surface area contributed by atoms with Crippen LogP contribution in [0.1, 0.15) is 26.1 Å². The van der Waals surface area contributed by atoms with Crippen LogP contribution in [0.3, 0.4) is 0 Å². The molecule has 114 valence electrons.